The molecule has 0 aromatic carbocycles. The molecule has 1 rings (SSSR count). The zero-order valence-corrected chi connectivity index (χ0v) is 10.1. The average molecular weight is 218 g/mol. The molecule has 0 fully saturated rings. The number of hydrogen-bond acceptors (Lipinski definition) is 4. The van der Waals surface area contributed by atoms with Crippen LogP contribution in [0.1, 0.15) is 12.6 Å². The summed E-state index contributed by atoms with van der Waals surface area (Å²) in [6, 6.07) is 6.18. The first kappa shape index (κ1) is 12.5. The molecule has 4 nitrogen and oxygen atoms in total. The van der Waals surface area contributed by atoms with Crippen LogP contribution >= 0.6 is 0 Å². The molecule has 4 heteroatoms. The van der Waals surface area contributed by atoms with Gasteiger partial charge in [0.1, 0.15) is 0 Å². The van der Waals surface area contributed by atoms with Gasteiger partial charge in [-0.05, 0) is 26.1 Å². The molecule has 0 aliphatic heterocycles. The van der Waals surface area contributed by atoms with Gasteiger partial charge in [-0.2, -0.15) is 5.26 Å². The van der Waals surface area contributed by atoms with Crippen LogP contribution in [0.4, 0.5) is 5.69 Å². The van der Waals surface area contributed by atoms with Crippen molar-refractivity contribution in [3.8, 4) is 6.07 Å². The number of nitriles is 1. The fourth-order valence-corrected chi connectivity index (χ4v) is 1.57. The molecule has 0 spiro atoms. The average Bonchev–Trinajstić information content (AvgIpc) is 2.28. The van der Waals surface area contributed by atoms with Crippen molar-refractivity contribution in [2.45, 2.75) is 13.5 Å². The Bertz CT molecular complexity index is 370. The third kappa shape index (κ3) is 3.87. The van der Waals surface area contributed by atoms with Crippen molar-refractivity contribution in [3.05, 3.63) is 24.0 Å². The topological polar surface area (TPSA) is 52.0 Å². The first-order valence-corrected chi connectivity index (χ1v) is 5.36. The number of rotatable bonds is 5. The van der Waals surface area contributed by atoms with Crippen LogP contribution in [0.3, 0.4) is 0 Å². The molecule has 1 aromatic heterocycles. The highest BCUT2D eigenvalue weighted by Gasteiger charge is 2.06. The number of nitrogens with one attached hydrogen (secondary N) is 1. The van der Waals surface area contributed by atoms with E-state index in [0.29, 0.717) is 0 Å². The zero-order chi connectivity index (χ0) is 12.0. The van der Waals surface area contributed by atoms with Gasteiger partial charge in [-0.1, -0.05) is 0 Å². The maximum atomic E-state index is 8.73. The molecule has 1 aromatic rings. The second kappa shape index (κ2) is 6.09. The third-order valence-electron chi connectivity index (χ3n) is 2.34. The lowest BCUT2D eigenvalue weighted by molar-refractivity contribution is 0.300. The zero-order valence-electron chi connectivity index (χ0n) is 10.1. The van der Waals surface area contributed by atoms with E-state index in [4.69, 9.17) is 5.26 Å². The van der Waals surface area contributed by atoms with Gasteiger partial charge in [0.25, 0.3) is 0 Å². The van der Waals surface area contributed by atoms with Gasteiger partial charge in [-0.15, -0.1) is 0 Å². The van der Waals surface area contributed by atoms with Crippen molar-refractivity contribution in [1.82, 2.24) is 9.88 Å². The van der Waals surface area contributed by atoms with Crippen LogP contribution in [0.2, 0.25) is 0 Å². The van der Waals surface area contributed by atoms with E-state index in [-0.39, 0.29) is 5.92 Å². The van der Waals surface area contributed by atoms with Crippen molar-refractivity contribution in [2.24, 2.45) is 5.92 Å². The van der Waals surface area contributed by atoms with Crippen molar-refractivity contribution in [1.29, 1.82) is 5.26 Å². The summed E-state index contributed by atoms with van der Waals surface area (Å²) in [5, 5.41) is 11.8. The number of hydrogen-bond donors (Lipinski definition) is 1. The molecule has 1 N–H and O–H groups in total. The summed E-state index contributed by atoms with van der Waals surface area (Å²) in [4.78, 5) is 6.40. The Morgan fingerprint density at radius 1 is 1.62 bits per heavy atom. The first-order valence-electron chi connectivity index (χ1n) is 5.36. The minimum Gasteiger partial charge on any atom is -0.388 e. The summed E-state index contributed by atoms with van der Waals surface area (Å²) in [5.74, 6) is 0.0532. The molecule has 1 unspecified atom stereocenters. The normalized spacial score (nSPS) is 12.2. The molecular weight excluding hydrogens is 200 g/mol. The number of aromatic nitrogens is 1. The fraction of sp³-hybridized carbons (Fsp3) is 0.500. The Balaban J connectivity index is 2.56. The van der Waals surface area contributed by atoms with E-state index in [1.807, 2.05) is 33.2 Å². The number of anilines is 1. The molecule has 0 saturated heterocycles. The van der Waals surface area contributed by atoms with E-state index in [1.165, 1.54) is 0 Å². The standard InChI is InChI=1S/C12H18N4/c1-10(7-13)8-16(3)9-12-6-11(14-2)4-5-15-12/h4-6,10H,8-9H2,1-3H3,(H,14,15). The smallest absolute Gasteiger partial charge is 0.0666 e. The predicted molar refractivity (Wildman–Crippen MR) is 64.9 cm³/mol. The van der Waals surface area contributed by atoms with Gasteiger partial charge in [-0.3, -0.25) is 9.88 Å². The van der Waals surface area contributed by atoms with Gasteiger partial charge in [0.2, 0.25) is 0 Å². The predicted octanol–water partition coefficient (Wildman–Crippen LogP) is 1.71. The lowest BCUT2D eigenvalue weighted by Gasteiger charge is -2.17. The van der Waals surface area contributed by atoms with Crippen LogP contribution in [-0.2, 0) is 6.54 Å². The van der Waals surface area contributed by atoms with E-state index >= 15 is 0 Å². The summed E-state index contributed by atoms with van der Waals surface area (Å²) < 4.78 is 0. The molecule has 0 aliphatic rings. The SMILES string of the molecule is CNc1ccnc(CN(C)CC(C)C#N)c1. The van der Waals surface area contributed by atoms with Crippen molar-refractivity contribution < 1.29 is 0 Å². The highest BCUT2D eigenvalue weighted by atomic mass is 15.1. The van der Waals surface area contributed by atoms with Crippen LogP contribution in [0.15, 0.2) is 18.3 Å². The molecule has 1 heterocycles. The number of nitrogens with zero attached hydrogens (tertiary/aromatic N) is 3. The lowest BCUT2D eigenvalue weighted by Crippen LogP contribution is -2.23. The second-order valence-corrected chi connectivity index (χ2v) is 4.01. The van der Waals surface area contributed by atoms with Crippen molar-refractivity contribution in [3.63, 3.8) is 0 Å². The Morgan fingerprint density at radius 3 is 3.00 bits per heavy atom. The first-order chi connectivity index (χ1) is 7.65. The minimum atomic E-state index is 0.0532. The van der Waals surface area contributed by atoms with E-state index in [1.54, 1.807) is 6.20 Å². The minimum absolute atomic E-state index is 0.0532. The van der Waals surface area contributed by atoms with Crippen molar-refractivity contribution in [2.75, 3.05) is 26.0 Å². The molecule has 0 radical (unpaired) electrons. The van der Waals surface area contributed by atoms with E-state index in [9.17, 15) is 0 Å². The van der Waals surface area contributed by atoms with Crippen LogP contribution in [0.5, 0.6) is 0 Å². The summed E-state index contributed by atoms with van der Waals surface area (Å²) in [6.07, 6.45) is 1.79. The summed E-state index contributed by atoms with van der Waals surface area (Å²) in [6.45, 7) is 3.46. The molecule has 0 saturated carbocycles. The second-order valence-electron chi connectivity index (χ2n) is 4.01. The monoisotopic (exact) mass is 218 g/mol. The summed E-state index contributed by atoms with van der Waals surface area (Å²) in [7, 11) is 3.89. The van der Waals surface area contributed by atoms with Gasteiger partial charge in [0.05, 0.1) is 17.7 Å². The Kier molecular flexibility index (Phi) is 4.74. The Labute approximate surface area is 96.9 Å². The van der Waals surface area contributed by atoms with Gasteiger partial charge >= 0.3 is 0 Å². The van der Waals surface area contributed by atoms with E-state index in [0.717, 1.165) is 24.5 Å². The molecule has 0 bridgehead atoms. The molecular formula is C12H18N4. The molecule has 1 atom stereocenters. The molecule has 0 aliphatic carbocycles. The maximum Gasteiger partial charge on any atom is 0.0666 e. The van der Waals surface area contributed by atoms with Crippen LogP contribution in [0, 0.1) is 17.2 Å². The van der Waals surface area contributed by atoms with E-state index < -0.39 is 0 Å². The number of pyridine rings is 1. The quantitative estimate of drug-likeness (QED) is 0.817. The molecule has 86 valence electrons. The van der Waals surface area contributed by atoms with Crippen molar-refractivity contribution >= 4 is 5.69 Å². The lowest BCUT2D eigenvalue weighted by atomic mass is 10.2. The highest BCUT2D eigenvalue weighted by molar-refractivity contribution is 5.42. The Hall–Kier alpha value is -1.60. The van der Waals surface area contributed by atoms with Crippen LogP contribution in [0.25, 0.3) is 0 Å². The van der Waals surface area contributed by atoms with Gasteiger partial charge < -0.3 is 5.32 Å². The van der Waals surface area contributed by atoms with E-state index in [2.05, 4.69) is 21.3 Å². The maximum absolute atomic E-state index is 8.73. The van der Waals surface area contributed by atoms with Crippen LogP contribution in [-0.4, -0.2) is 30.5 Å². The largest absolute Gasteiger partial charge is 0.388 e. The summed E-state index contributed by atoms with van der Waals surface area (Å²) in [5.41, 5.74) is 2.08. The van der Waals surface area contributed by atoms with Gasteiger partial charge in [0, 0.05) is 32.0 Å². The highest BCUT2D eigenvalue weighted by Crippen LogP contribution is 2.09. The van der Waals surface area contributed by atoms with Crippen LogP contribution < -0.4 is 5.32 Å². The fourth-order valence-electron chi connectivity index (χ4n) is 1.57. The van der Waals surface area contributed by atoms with Gasteiger partial charge in [0.15, 0.2) is 0 Å². The third-order valence-corrected chi connectivity index (χ3v) is 2.34. The van der Waals surface area contributed by atoms with Gasteiger partial charge in [-0.25, -0.2) is 0 Å². The molecule has 0 amide bonds. The molecule has 16 heavy (non-hydrogen) atoms. The summed E-state index contributed by atoms with van der Waals surface area (Å²) >= 11 is 0. The Morgan fingerprint density at radius 2 is 2.38 bits per heavy atom.